The summed E-state index contributed by atoms with van der Waals surface area (Å²) in [6.07, 6.45) is 4.29. The van der Waals surface area contributed by atoms with E-state index < -0.39 is 6.03 Å². The van der Waals surface area contributed by atoms with Crippen molar-refractivity contribution in [2.75, 3.05) is 6.54 Å². The van der Waals surface area contributed by atoms with Gasteiger partial charge >= 0.3 is 6.03 Å². The third kappa shape index (κ3) is 1.61. The number of ether oxygens (including phenoxy) is 2. The van der Waals surface area contributed by atoms with E-state index in [1.807, 2.05) is 36.4 Å². The first-order valence-electron chi connectivity index (χ1n) is 7.91. The number of hydrogen-bond acceptors (Lipinski definition) is 2. The van der Waals surface area contributed by atoms with Crippen LogP contribution in [0.2, 0.25) is 0 Å². The van der Waals surface area contributed by atoms with Gasteiger partial charge in [-0.2, -0.15) is 0 Å². The third-order valence-corrected chi connectivity index (χ3v) is 4.76. The Labute approximate surface area is 134 Å². The lowest BCUT2D eigenvalue weighted by atomic mass is 10.1. The molecule has 1 atom stereocenters. The summed E-state index contributed by atoms with van der Waals surface area (Å²) in [5, 5.41) is 0. The van der Waals surface area contributed by atoms with E-state index in [9.17, 15) is 0 Å². The van der Waals surface area contributed by atoms with Crippen molar-refractivity contribution in [3.8, 4) is 11.5 Å². The quantitative estimate of drug-likeness (QED) is 0.698. The average molecular weight is 306 g/mol. The number of nitrogens with zero attached hydrogens (tertiary/aromatic N) is 2. The first-order chi connectivity index (χ1) is 11.1. The Kier molecular flexibility index (Phi) is 2.25. The topological polar surface area (TPSA) is 24.5 Å². The van der Waals surface area contributed by atoms with Crippen LogP contribution in [0.4, 0.5) is 0 Å². The minimum Gasteiger partial charge on any atom is -0.341 e. The predicted octanol–water partition coefficient (Wildman–Crippen LogP) is 2.44. The lowest BCUT2D eigenvalue weighted by Gasteiger charge is -2.28. The van der Waals surface area contributed by atoms with Gasteiger partial charge < -0.3 is 9.47 Å². The molecule has 0 radical (unpaired) electrons. The van der Waals surface area contributed by atoms with Crippen LogP contribution in [0.3, 0.4) is 0 Å². The van der Waals surface area contributed by atoms with E-state index in [0.717, 1.165) is 29.2 Å². The molecule has 0 aromatic heterocycles. The Morgan fingerprint density at radius 2 is 1.39 bits per heavy atom. The largest absolute Gasteiger partial charge is 0.704 e. The minimum absolute atomic E-state index is 0.105. The lowest BCUT2D eigenvalue weighted by Crippen LogP contribution is -2.60. The van der Waals surface area contributed by atoms with Crippen molar-refractivity contribution < 1.29 is 18.6 Å². The highest BCUT2D eigenvalue weighted by molar-refractivity contribution is 5.82. The summed E-state index contributed by atoms with van der Waals surface area (Å²) in [6, 6.07) is 15.2. The van der Waals surface area contributed by atoms with Gasteiger partial charge in [0, 0.05) is 13.8 Å². The zero-order valence-electron chi connectivity index (χ0n) is 13.2. The first-order valence-corrected chi connectivity index (χ1v) is 7.91. The number of fused-ring (bicyclic) bond motifs is 2. The minimum atomic E-state index is -0.938. The van der Waals surface area contributed by atoms with Crippen molar-refractivity contribution in [2.24, 2.45) is 0 Å². The molecule has 3 aliphatic rings. The summed E-state index contributed by atoms with van der Waals surface area (Å²) in [4.78, 5) is 0. The molecule has 0 aliphatic carbocycles. The smallest absolute Gasteiger partial charge is 0.341 e. The molecule has 4 heteroatoms. The molecular weight excluding hydrogens is 288 g/mol. The molecule has 3 heterocycles. The normalized spacial score (nSPS) is 25.7. The van der Waals surface area contributed by atoms with Gasteiger partial charge in [0.1, 0.15) is 0 Å². The Morgan fingerprint density at radius 3 is 2.04 bits per heavy atom. The maximum absolute atomic E-state index is 6.41. The first kappa shape index (κ1) is 12.9. The van der Waals surface area contributed by atoms with E-state index in [0.29, 0.717) is 0 Å². The van der Waals surface area contributed by atoms with E-state index in [-0.39, 0.29) is 5.54 Å². The molecule has 1 unspecified atom stereocenters. The Balaban J connectivity index is 1.77. The van der Waals surface area contributed by atoms with E-state index in [1.165, 1.54) is 0 Å². The molecule has 1 saturated heterocycles. The second-order valence-electron chi connectivity index (χ2n) is 6.90. The SMILES string of the molecule is CC1(C)C[N+]2=Cc3ccccc3OC23Oc2ccccc2C=[N+]13. The van der Waals surface area contributed by atoms with Gasteiger partial charge in [0.05, 0.1) is 11.1 Å². The predicted molar refractivity (Wildman–Crippen MR) is 86.7 cm³/mol. The highest BCUT2D eigenvalue weighted by Crippen LogP contribution is 2.41. The maximum atomic E-state index is 6.41. The molecule has 0 saturated carbocycles. The van der Waals surface area contributed by atoms with E-state index in [1.54, 1.807) is 0 Å². The van der Waals surface area contributed by atoms with Crippen LogP contribution in [0.1, 0.15) is 25.0 Å². The Morgan fingerprint density at radius 1 is 0.826 bits per heavy atom. The summed E-state index contributed by atoms with van der Waals surface area (Å²) in [6.45, 7) is 5.25. The van der Waals surface area contributed by atoms with Crippen LogP contribution in [0.15, 0.2) is 48.5 Å². The van der Waals surface area contributed by atoms with Gasteiger partial charge in [0.2, 0.25) is 12.1 Å². The summed E-state index contributed by atoms with van der Waals surface area (Å²) in [5.74, 6) is 1.69. The summed E-state index contributed by atoms with van der Waals surface area (Å²) < 4.78 is 17.2. The van der Waals surface area contributed by atoms with Crippen molar-refractivity contribution in [1.82, 2.24) is 0 Å². The average Bonchev–Trinajstić information content (AvgIpc) is 2.76. The Bertz CT molecular complexity index is 894. The fraction of sp³-hybridized carbons (Fsp3) is 0.263. The van der Waals surface area contributed by atoms with E-state index in [2.05, 4.69) is 47.6 Å². The van der Waals surface area contributed by atoms with E-state index in [4.69, 9.17) is 9.47 Å². The molecular formula is C19H18N2O2+2. The molecule has 0 amide bonds. The molecule has 1 fully saturated rings. The van der Waals surface area contributed by atoms with Gasteiger partial charge in [0.15, 0.2) is 23.9 Å². The number of rotatable bonds is 0. The molecule has 0 N–H and O–H groups in total. The molecule has 4 nitrogen and oxygen atoms in total. The van der Waals surface area contributed by atoms with Crippen molar-refractivity contribution >= 4 is 12.4 Å². The highest BCUT2D eigenvalue weighted by atomic mass is 16.7. The second kappa shape index (κ2) is 4.02. The van der Waals surface area contributed by atoms with Gasteiger partial charge in [-0.25, -0.2) is 0 Å². The number of para-hydroxylation sites is 2. The van der Waals surface area contributed by atoms with E-state index >= 15 is 0 Å². The van der Waals surface area contributed by atoms with Crippen molar-refractivity contribution in [1.29, 1.82) is 0 Å². The molecule has 3 aliphatic heterocycles. The molecule has 23 heavy (non-hydrogen) atoms. The van der Waals surface area contributed by atoms with Crippen LogP contribution in [0, 0.1) is 0 Å². The standard InChI is InChI=1S/C19H18N2O2/c1-18(2)13-20-11-14-7-3-5-9-16(14)22-19(20)21(18)12-15-8-4-6-10-17(15)23-19/h3-12H,13H2,1-2H3/q+2. The molecule has 1 spiro atoms. The highest BCUT2D eigenvalue weighted by Gasteiger charge is 2.75. The summed E-state index contributed by atoms with van der Waals surface area (Å²) in [7, 11) is 0. The van der Waals surface area contributed by atoms with Crippen molar-refractivity contribution in [3.63, 3.8) is 0 Å². The van der Waals surface area contributed by atoms with Crippen LogP contribution in [-0.2, 0) is 0 Å². The molecule has 2 aromatic carbocycles. The third-order valence-electron chi connectivity index (χ3n) is 4.76. The van der Waals surface area contributed by atoms with Crippen LogP contribution in [0.25, 0.3) is 0 Å². The molecule has 114 valence electrons. The number of hydrogen-bond donors (Lipinski definition) is 0. The summed E-state index contributed by atoms with van der Waals surface area (Å²) >= 11 is 0. The number of benzene rings is 2. The maximum Gasteiger partial charge on any atom is 0.704 e. The zero-order valence-corrected chi connectivity index (χ0v) is 13.2. The van der Waals surface area contributed by atoms with Crippen molar-refractivity contribution in [3.05, 3.63) is 59.7 Å². The van der Waals surface area contributed by atoms with Crippen LogP contribution in [0.5, 0.6) is 11.5 Å². The molecule has 5 rings (SSSR count). The Hall–Kier alpha value is -2.62. The summed E-state index contributed by atoms with van der Waals surface area (Å²) in [5.41, 5.74) is 2.06. The fourth-order valence-electron chi connectivity index (χ4n) is 3.69. The molecule has 2 aromatic rings. The van der Waals surface area contributed by atoms with Crippen molar-refractivity contribution in [2.45, 2.75) is 25.4 Å². The zero-order chi connectivity index (χ0) is 15.7. The van der Waals surface area contributed by atoms with Gasteiger partial charge in [-0.05, 0) is 24.3 Å². The second-order valence-corrected chi connectivity index (χ2v) is 6.90. The van der Waals surface area contributed by atoms with Crippen LogP contribution >= 0.6 is 0 Å². The van der Waals surface area contributed by atoms with Crippen LogP contribution in [-0.4, -0.2) is 39.7 Å². The molecule has 0 bridgehead atoms. The van der Waals surface area contributed by atoms with Gasteiger partial charge in [-0.15, -0.1) is 0 Å². The fourth-order valence-corrected chi connectivity index (χ4v) is 3.69. The monoisotopic (exact) mass is 306 g/mol. The van der Waals surface area contributed by atoms with Gasteiger partial charge in [0.25, 0.3) is 0 Å². The van der Waals surface area contributed by atoms with Crippen LogP contribution < -0.4 is 9.47 Å². The van der Waals surface area contributed by atoms with Gasteiger partial charge in [-0.1, -0.05) is 33.4 Å². The van der Waals surface area contributed by atoms with Gasteiger partial charge in [-0.3, -0.25) is 0 Å². The lowest BCUT2D eigenvalue weighted by molar-refractivity contribution is -0.867.